The summed E-state index contributed by atoms with van der Waals surface area (Å²) in [7, 11) is 0. The fourth-order valence-electron chi connectivity index (χ4n) is 0.726. The summed E-state index contributed by atoms with van der Waals surface area (Å²) in [6, 6.07) is 3.84. The number of nitrogens with zero attached hydrogens (tertiary/aromatic N) is 1. The van der Waals surface area contributed by atoms with Crippen LogP contribution in [0.15, 0.2) is 18.3 Å². The number of aromatic nitrogens is 1. The molecule has 10 heavy (non-hydrogen) atoms. The van der Waals surface area contributed by atoms with E-state index in [1.807, 2.05) is 12.1 Å². The van der Waals surface area contributed by atoms with Crippen LogP contribution in [0.5, 0.6) is 0 Å². The van der Waals surface area contributed by atoms with Crippen molar-refractivity contribution in [3.63, 3.8) is 0 Å². The molecule has 0 fully saturated rings. The third kappa shape index (κ3) is 1.89. The smallest absolute Gasteiger partial charge is 0.132 e. The molecule has 0 spiro atoms. The second-order valence-electron chi connectivity index (χ2n) is 1.93. The average Bonchev–Trinajstić information content (AvgIpc) is 1.94. The third-order valence-corrected chi connectivity index (χ3v) is 1.78. The third-order valence-electron chi connectivity index (χ3n) is 1.22. The molecular weight excluding hydrogens is 166 g/mol. The standard InChI is InChI=1S/C7H8ClNS/c8-7-6(3-5-10)2-1-4-9-7/h1-2,4,10H,3,5H2. The van der Waals surface area contributed by atoms with E-state index in [9.17, 15) is 0 Å². The van der Waals surface area contributed by atoms with Gasteiger partial charge in [-0.3, -0.25) is 0 Å². The molecule has 1 nitrogen and oxygen atoms in total. The van der Waals surface area contributed by atoms with Crippen molar-refractivity contribution in [3.05, 3.63) is 29.0 Å². The Labute approximate surface area is 70.8 Å². The first kappa shape index (κ1) is 7.89. The summed E-state index contributed by atoms with van der Waals surface area (Å²) in [4.78, 5) is 3.93. The number of thiol groups is 1. The molecule has 0 atom stereocenters. The van der Waals surface area contributed by atoms with Crippen LogP contribution < -0.4 is 0 Å². The Kier molecular flexibility index (Phi) is 3.03. The van der Waals surface area contributed by atoms with Crippen molar-refractivity contribution in [1.29, 1.82) is 0 Å². The summed E-state index contributed by atoms with van der Waals surface area (Å²) in [6.07, 6.45) is 2.57. The fraction of sp³-hybridized carbons (Fsp3) is 0.286. The van der Waals surface area contributed by atoms with Gasteiger partial charge < -0.3 is 0 Å². The van der Waals surface area contributed by atoms with E-state index in [0.717, 1.165) is 17.7 Å². The Morgan fingerprint density at radius 3 is 3.00 bits per heavy atom. The van der Waals surface area contributed by atoms with Gasteiger partial charge in [0, 0.05) is 6.20 Å². The second kappa shape index (κ2) is 3.84. The summed E-state index contributed by atoms with van der Waals surface area (Å²) < 4.78 is 0. The molecular formula is C7H8ClNS. The topological polar surface area (TPSA) is 12.9 Å². The molecule has 1 aromatic rings. The van der Waals surface area contributed by atoms with Crippen LogP contribution in [0.25, 0.3) is 0 Å². The highest BCUT2D eigenvalue weighted by molar-refractivity contribution is 7.80. The monoisotopic (exact) mass is 173 g/mol. The van der Waals surface area contributed by atoms with E-state index in [4.69, 9.17) is 11.6 Å². The number of hydrogen-bond donors (Lipinski definition) is 1. The van der Waals surface area contributed by atoms with Crippen molar-refractivity contribution in [3.8, 4) is 0 Å². The van der Waals surface area contributed by atoms with E-state index in [-0.39, 0.29) is 0 Å². The number of halogens is 1. The van der Waals surface area contributed by atoms with Gasteiger partial charge >= 0.3 is 0 Å². The summed E-state index contributed by atoms with van der Waals surface area (Å²) in [5.41, 5.74) is 1.07. The summed E-state index contributed by atoms with van der Waals surface area (Å²) in [5, 5.41) is 0.594. The molecule has 1 heterocycles. The molecule has 0 saturated heterocycles. The Morgan fingerprint density at radius 1 is 1.60 bits per heavy atom. The van der Waals surface area contributed by atoms with Crippen molar-refractivity contribution in [2.75, 3.05) is 5.75 Å². The van der Waals surface area contributed by atoms with Gasteiger partial charge in [-0.15, -0.1) is 0 Å². The lowest BCUT2D eigenvalue weighted by Gasteiger charge is -1.97. The van der Waals surface area contributed by atoms with Gasteiger partial charge in [-0.1, -0.05) is 17.7 Å². The SMILES string of the molecule is SCCc1cccnc1Cl. The number of aryl methyl sites for hydroxylation is 1. The molecule has 1 aromatic heterocycles. The minimum Gasteiger partial charge on any atom is -0.244 e. The van der Waals surface area contributed by atoms with Crippen molar-refractivity contribution in [2.24, 2.45) is 0 Å². The molecule has 0 amide bonds. The number of pyridine rings is 1. The van der Waals surface area contributed by atoms with Gasteiger partial charge in [-0.05, 0) is 23.8 Å². The van der Waals surface area contributed by atoms with Gasteiger partial charge in [-0.2, -0.15) is 12.6 Å². The van der Waals surface area contributed by atoms with E-state index in [1.165, 1.54) is 0 Å². The lowest BCUT2D eigenvalue weighted by Crippen LogP contribution is -1.88. The lowest BCUT2D eigenvalue weighted by molar-refractivity contribution is 1.12. The predicted octanol–water partition coefficient (Wildman–Crippen LogP) is 2.21. The molecule has 0 aliphatic heterocycles. The van der Waals surface area contributed by atoms with Gasteiger partial charge in [0.05, 0.1) is 0 Å². The first-order chi connectivity index (χ1) is 4.84. The van der Waals surface area contributed by atoms with Crippen LogP contribution >= 0.6 is 24.2 Å². The number of hydrogen-bond acceptors (Lipinski definition) is 2. The molecule has 0 unspecified atom stereocenters. The second-order valence-corrected chi connectivity index (χ2v) is 2.73. The van der Waals surface area contributed by atoms with Gasteiger partial charge in [-0.25, -0.2) is 4.98 Å². The summed E-state index contributed by atoms with van der Waals surface area (Å²) in [6.45, 7) is 0. The Bertz CT molecular complexity index is 215. The molecule has 3 heteroatoms. The van der Waals surface area contributed by atoms with Crippen LogP contribution in [-0.2, 0) is 6.42 Å². The Morgan fingerprint density at radius 2 is 2.40 bits per heavy atom. The first-order valence-corrected chi connectivity index (χ1v) is 4.06. The maximum atomic E-state index is 5.76. The Balaban J connectivity index is 2.81. The van der Waals surface area contributed by atoms with Gasteiger partial charge in [0.2, 0.25) is 0 Å². The van der Waals surface area contributed by atoms with Crippen LogP contribution in [0.4, 0.5) is 0 Å². The number of rotatable bonds is 2. The van der Waals surface area contributed by atoms with Crippen LogP contribution in [-0.4, -0.2) is 10.7 Å². The highest BCUT2D eigenvalue weighted by atomic mass is 35.5. The van der Waals surface area contributed by atoms with Gasteiger partial charge in [0.15, 0.2) is 0 Å². The Hall–Kier alpha value is -0.210. The molecule has 0 N–H and O–H groups in total. The average molecular weight is 174 g/mol. The zero-order chi connectivity index (χ0) is 7.40. The van der Waals surface area contributed by atoms with E-state index in [0.29, 0.717) is 5.15 Å². The highest BCUT2D eigenvalue weighted by Crippen LogP contribution is 2.11. The largest absolute Gasteiger partial charge is 0.244 e. The van der Waals surface area contributed by atoms with Crippen LogP contribution in [0, 0.1) is 0 Å². The quantitative estimate of drug-likeness (QED) is 0.535. The van der Waals surface area contributed by atoms with E-state index in [2.05, 4.69) is 17.6 Å². The molecule has 1 rings (SSSR count). The minimum absolute atomic E-state index is 0.594. The molecule has 0 saturated carbocycles. The van der Waals surface area contributed by atoms with Gasteiger partial charge in [0.1, 0.15) is 5.15 Å². The van der Waals surface area contributed by atoms with Crippen LogP contribution in [0.3, 0.4) is 0 Å². The van der Waals surface area contributed by atoms with Crippen LogP contribution in [0.1, 0.15) is 5.56 Å². The molecule has 0 aromatic carbocycles. The fourth-order valence-corrected chi connectivity index (χ4v) is 1.18. The predicted molar refractivity (Wildman–Crippen MR) is 46.8 cm³/mol. The van der Waals surface area contributed by atoms with Crippen LogP contribution in [0.2, 0.25) is 5.15 Å². The minimum atomic E-state index is 0.594. The van der Waals surface area contributed by atoms with Crippen molar-refractivity contribution < 1.29 is 0 Å². The first-order valence-electron chi connectivity index (χ1n) is 3.05. The van der Waals surface area contributed by atoms with E-state index in [1.54, 1.807) is 6.20 Å². The van der Waals surface area contributed by atoms with Crippen molar-refractivity contribution in [2.45, 2.75) is 6.42 Å². The molecule has 0 bridgehead atoms. The van der Waals surface area contributed by atoms with E-state index >= 15 is 0 Å². The van der Waals surface area contributed by atoms with Crippen molar-refractivity contribution in [1.82, 2.24) is 4.98 Å². The van der Waals surface area contributed by atoms with Crippen molar-refractivity contribution >= 4 is 24.2 Å². The zero-order valence-electron chi connectivity index (χ0n) is 5.42. The zero-order valence-corrected chi connectivity index (χ0v) is 7.07. The molecule has 0 radical (unpaired) electrons. The lowest BCUT2D eigenvalue weighted by atomic mass is 10.2. The maximum Gasteiger partial charge on any atom is 0.132 e. The molecule has 0 aliphatic carbocycles. The summed E-state index contributed by atoms with van der Waals surface area (Å²) >= 11 is 9.85. The summed E-state index contributed by atoms with van der Waals surface area (Å²) in [5.74, 6) is 0.811. The normalized spacial score (nSPS) is 9.80. The molecule has 0 aliphatic rings. The maximum absolute atomic E-state index is 5.76. The molecule has 54 valence electrons. The highest BCUT2D eigenvalue weighted by Gasteiger charge is 1.96. The van der Waals surface area contributed by atoms with Gasteiger partial charge in [0.25, 0.3) is 0 Å². The van der Waals surface area contributed by atoms with E-state index < -0.39 is 0 Å².